The Labute approximate surface area is 223 Å². The van der Waals surface area contributed by atoms with Gasteiger partial charge < -0.3 is 0 Å². The Morgan fingerprint density at radius 1 is 0.450 bits per heavy atom. The number of halogens is 16. The van der Waals surface area contributed by atoms with Gasteiger partial charge in [-0.2, -0.15) is 61.5 Å². The second-order valence-electron chi connectivity index (χ2n) is 8.07. The van der Waals surface area contributed by atoms with Crippen molar-refractivity contribution in [1.29, 1.82) is 0 Å². The maximum absolute atomic E-state index is 13.9. The second kappa shape index (κ2) is 8.99. The van der Waals surface area contributed by atoms with Crippen molar-refractivity contribution in [2.45, 2.75) is 49.1 Å². The number of aromatic nitrogens is 2. The molecule has 0 saturated heterocycles. The van der Waals surface area contributed by atoms with Crippen LogP contribution in [0.15, 0.2) is 28.1 Å². The van der Waals surface area contributed by atoms with Gasteiger partial charge in [0.25, 0.3) is 22.2 Å². The smallest absolute Gasteiger partial charge is 0.269 e. The molecule has 6 nitrogen and oxygen atoms in total. The van der Waals surface area contributed by atoms with E-state index in [9.17, 15) is 80.6 Å². The van der Waals surface area contributed by atoms with E-state index in [1.54, 1.807) is 0 Å². The lowest BCUT2D eigenvalue weighted by molar-refractivity contribution is -0.357. The molecule has 0 aliphatic rings. The number of rotatable bonds is 6. The summed E-state index contributed by atoms with van der Waals surface area (Å²) in [7, 11) is 0. The largest absolute Gasteiger partial charge is 0.459 e. The van der Waals surface area contributed by atoms with E-state index in [0.29, 0.717) is 0 Å². The van der Waals surface area contributed by atoms with E-state index in [0.717, 1.165) is 0 Å². The average Bonchev–Trinajstić information content (AvgIpc) is 3.16. The van der Waals surface area contributed by atoms with E-state index >= 15 is 0 Å². The third-order valence-electron chi connectivity index (χ3n) is 5.56. The van der Waals surface area contributed by atoms with Crippen LogP contribution >= 0.6 is 31.9 Å². The Morgan fingerprint density at radius 2 is 0.650 bits per heavy atom. The number of benzene rings is 1. The first-order chi connectivity index (χ1) is 17.7. The van der Waals surface area contributed by atoms with Crippen LogP contribution in [0, 0.1) is 0 Å². The number of nitrogens with zero attached hydrogens (tertiary/aromatic N) is 2. The molecule has 0 unspecified atom stereocenters. The molecule has 0 saturated carbocycles. The zero-order valence-corrected chi connectivity index (χ0v) is 21.2. The molecule has 0 bridgehead atoms. The summed E-state index contributed by atoms with van der Waals surface area (Å²) in [4.78, 5) is 50.5. The first-order valence-electron chi connectivity index (χ1n) is 9.57. The molecule has 0 atom stereocenters. The highest BCUT2D eigenvalue weighted by atomic mass is 79.9. The first-order valence-corrected chi connectivity index (χ1v) is 11.2. The molecular weight excluding hydrogens is 734 g/mol. The highest BCUT2D eigenvalue weighted by Gasteiger charge is 2.74. The Morgan fingerprint density at radius 3 is 0.825 bits per heavy atom. The van der Waals surface area contributed by atoms with Crippen molar-refractivity contribution in [1.82, 2.24) is 9.13 Å². The van der Waals surface area contributed by atoms with Gasteiger partial charge in [-0.25, -0.2) is 0 Å². The van der Waals surface area contributed by atoms with Crippen LogP contribution in [0.1, 0.15) is 0 Å². The minimum Gasteiger partial charge on any atom is -0.269 e. The topological polar surface area (TPSA) is 78.1 Å². The molecule has 0 amide bonds. The fourth-order valence-electron chi connectivity index (χ4n) is 3.51. The molecule has 0 aliphatic heterocycles. The van der Waals surface area contributed by atoms with E-state index in [2.05, 4.69) is 31.9 Å². The van der Waals surface area contributed by atoms with Gasteiger partial charge in [-0.1, -0.05) is 0 Å². The summed E-state index contributed by atoms with van der Waals surface area (Å²) in [5.41, 5.74) is -8.22. The van der Waals surface area contributed by atoms with Crippen LogP contribution in [-0.4, -0.2) is 45.2 Å². The lowest BCUT2D eigenvalue weighted by Gasteiger charge is -2.27. The minimum absolute atomic E-state index is 0.806. The van der Waals surface area contributed by atoms with Crippen LogP contribution < -0.4 is 22.2 Å². The van der Waals surface area contributed by atoms with Gasteiger partial charge in [0.2, 0.25) is 0 Å². The van der Waals surface area contributed by atoms with Crippen LogP contribution in [0.4, 0.5) is 61.5 Å². The Kier molecular flexibility index (Phi) is 7.19. The van der Waals surface area contributed by atoms with E-state index < -0.39 is 111 Å². The molecule has 0 aliphatic carbocycles. The molecule has 2 aromatic heterocycles. The summed E-state index contributed by atoms with van der Waals surface area (Å²) in [6.45, 7) is -5.77. The van der Waals surface area contributed by atoms with Gasteiger partial charge in [-0.3, -0.25) is 28.3 Å². The molecule has 1 aromatic carbocycles. The number of fused-ring (bicyclic) bond motifs is 2. The van der Waals surface area contributed by atoms with Crippen molar-refractivity contribution >= 4 is 53.4 Å². The molecule has 0 spiro atoms. The summed E-state index contributed by atoms with van der Waals surface area (Å²) in [6.07, 6.45) is -13.7. The third kappa shape index (κ3) is 4.26. The van der Waals surface area contributed by atoms with Crippen LogP contribution in [0.5, 0.6) is 0 Å². The van der Waals surface area contributed by atoms with Gasteiger partial charge in [-0.05, 0) is 31.9 Å². The van der Waals surface area contributed by atoms with Crippen LogP contribution in [0.3, 0.4) is 0 Å². The van der Waals surface area contributed by atoms with Crippen LogP contribution in [-0.2, 0) is 13.1 Å². The molecule has 0 fully saturated rings. The lowest BCUT2D eigenvalue weighted by Crippen LogP contribution is -2.55. The van der Waals surface area contributed by atoms with Crippen molar-refractivity contribution in [3.8, 4) is 0 Å². The van der Waals surface area contributed by atoms with Crippen molar-refractivity contribution < 1.29 is 61.5 Å². The van der Waals surface area contributed by atoms with E-state index in [4.69, 9.17) is 0 Å². The van der Waals surface area contributed by atoms with E-state index in [-0.39, 0.29) is 0 Å². The highest BCUT2D eigenvalue weighted by molar-refractivity contribution is 9.11. The molecule has 3 aromatic rings. The minimum atomic E-state index is -6.86. The van der Waals surface area contributed by atoms with Crippen molar-refractivity contribution in [2.24, 2.45) is 0 Å². The van der Waals surface area contributed by atoms with Gasteiger partial charge in [0.05, 0.1) is 34.6 Å². The van der Waals surface area contributed by atoms with Gasteiger partial charge >= 0.3 is 36.0 Å². The Bertz CT molecular complexity index is 1530. The standard InChI is InChI=1S/C18H4Br2F14N2O4/c19-7-3-4(10(38)35(9(3)37)1-13(21,22)15(25,26)17(29,30)31)8(20)6-5(7)11(39)36(12(6)40)2-14(23,24)16(27,28)18(32,33)34/h1-2H2. The third-order valence-corrected chi connectivity index (χ3v) is 7.14. The summed E-state index contributed by atoms with van der Waals surface area (Å²) in [5.74, 6) is -25.8. The monoisotopic (exact) mass is 736 g/mol. The average molecular weight is 738 g/mol. The maximum atomic E-state index is 13.9. The summed E-state index contributed by atoms with van der Waals surface area (Å²) in [6, 6.07) is 0. The van der Waals surface area contributed by atoms with E-state index in [1.165, 1.54) is 0 Å². The molecule has 3 rings (SSSR count). The van der Waals surface area contributed by atoms with Gasteiger partial charge in [0.1, 0.15) is 0 Å². The zero-order chi connectivity index (χ0) is 31.3. The first kappa shape index (κ1) is 32.0. The van der Waals surface area contributed by atoms with Crippen molar-refractivity contribution in [3.63, 3.8) is 0 Å². The molecule has 40 heavy (non-hydrogen) atoms. The summed E-state index contributed by atoms with van der Waals surface area (Å²) >= 11 is 4.92. The fourth-order valence-corrected chi connectivity index (χ4v) is 4.99. The molecule has 222 valence electrons. The highest BCUT2D eigenvalue weighted by Crippen LogP contribution is 2.48. The van der Waals surface area contributed by atoms with Crippen molar-refractivity contribution in [2.75, 3.05) is 0 Å². The fraction of sp³-hybridized carbons (Fsp3) is 0.444. The molecular formula is C18H4Br2F14N2O4. The second-order valence-corrected chi connectivity index (χ2v) is 9.66. The maximum Gasteiger partial charge on any atom is 0.459 e. The zero-order valence-electron chi connectivity index (χ0n) is 18.0. The van der Waals surface area contributed by atoms with Crippen LogP contribution in [0.2, 0.25) is 0 Å². The van der Waals surface area contributed by atoms with E-state index in [1.807, 2.05) is 0 Å². The van der Waals surface area contributed by atoms with Crippen LogP contribution in [0.25, 0.3) is 21.5 Å². The Hall–Kier alpha value is -2.52. The molecule has 2 heterocycles. The Balaban J connectivity index is 2.34. The van der Waals surface area contributed by atoms with Gasteiger partial charge in [0, 0.05) is 8.95 Å². The quantitative estimate of drug-likeness (QED) is 0.330. The predicted octanol–water partition coefficient (Wildman–Crippen LogP) is 5.10. The summed E-state index contributed by atoms with van der Waals surface area (Å²) < 4.78 is 180. The van der Waals surface area contributed by atoms with Gasteiger partial charge in [0.15, 0.2) is 0 Å². The predicted molar refractivity (Wildman–Crippen MR) is 112 cm³/mol. The molecule has 0 N–H and O–H groups in total. The SMILES string of the molecule is O=c1c2c(Br)c3c(=O)n(CC(F)(F)C(F)(F)C(F)(F)F)c(=O)c3c(Br)c2c(=O)n1CC(F)(F)C(F)(F)C(F)(F)F. The number of alkyl halides is 14. The number of hydrogen-bond acceptors (Lipinski definition) is 4. The summed E-state index contributed by atoms with van der Waals surface area (Å²) in [5, 5.41) is -4.96. The van der Waals surface area contributed by atoms with Gasteiger partial charge in [-0.15, -0.1) is 0 Å². The molecule has 0 radical (unpaired) electrons. The lowest BCUT2D eigenvalue weighted by atomic mass is 10.1. The number of hydrogen-bond donors (Lipinski definition) is 0. The normalized spacial score (nSPS) is 14.6. The molecule has 22 heteroatoms. The van der Waals surface area contributed by atoms with Crippen molar-refractivity contribution in [3.05, 3.63) is 50.4 Å².